The molecule has 28 heavy (non-hydrogen) atoms. The van der Waals surface area contributed by atoms with Crippen LogP contribution in [-0.4, -0.2) is 32.2 Å². The smallest absolute Gasteiger partial charge is 0.261 e. The molecular weight excluding hydrogens is 366 g/mol. The second kappa shape index (κ2) is 8.49. The van der Waals surface area contributed by atoms with Gasteiger partial charge in [0.2, 0.25) is 0 Å². The predicted octanol–water partition coefficient (Wildman–Crippen LogP) is 4.01. The van der Waals surface area contributed by atoms with Crippen molar-refractivity contribution in [2.45, 2.75) is 50.8 Å². The summed E-state index contributed by atoms with van der Waals surface area (Å²) < 4.78 is 6.89. The summed E-state index contributed by atoms with van der Waals surface area (Å²) in [4.78, 5) is 2.91. The molecule has 1 N–H and O–H groups in total. The molecule has 148 valence electrons. The van der Waals surface area contributed by atoms with Gasteiger partial charge in [-0.25, -0.2) is 0 Å². The standard InChI is InChI=1S/C22H29N3O2Si/c1-22(2,3)28(19-10-6-4-7-11-19,20-12-8-5-9-13-20)27-16-17-14-18(24-25-23)15-21(17)26/h4-13,17-18,21,26H,14-16H2,1-3H3/t17-,18+,21+/m1/s1. The maximum Gasteiger partial charge on any atom is 0.261 e. The molecule has 0 unspecified atom stereocenters. The fourth-order valence-corrected chi connectivity index (χ4v) is 9.03. The van der Waals surface area contributed by atoms with Crippen LogP contribution in [0.5, 0.6) is 0 Å². The lowest BCUT2D eigenvalue weighted by Crippen LogP contribution is -2.67. The molecule has 0 amide bonds. The van der Waals surface area contributed by atoms with E-state index < -0.39 is 14.4 Å². The average molecular weight is 396 g/mol. The highest BCUT2D eigenvalue weighted by atomic mass is 28.4. The molecule has 1 saturated carbocycles. The zero-order valence-corrected chi connectivity index (χ0v) is 17.8. The summed E-state index contributed by atoms with van der Waals surface area (Å²) in [6, 6.07) is 20.8. The normalized spacial score (nSPS) is 22.6. The third-order valence-corrected chi connectivity index (χ3v) is 10.8. The molecule has 1 aliphatic carbocycles. The van der Waals surface area contributed by atoms with E-state index in [0.29, 0.717) is 19.4 Å². The van der Waals surface area contributed by atoms with E-state index in [2.05, 4.69) is 79.3 Å². The Kier molecular flexibility index (Phi) is 6.25. The Balaban J connectivity index is 1.98. The molecule has 3 atom stereocenters. The van der Waals surface area contributed by atoms with Crippen molar-refractivity contribution in [2.75, 3.05) is 6.61 Å². The molecule has 2 aromatic rings. The first-order valence-electron chi connectivity index (χ1n) is 9.86. The summed E-state index contributed by atoms with van der Waals surface area (Å²) >= 11 is 0. The van der Waals surface area contributed by atoms with Crippen LogP contribution in [0.15, 0.2) is 65.8 Å². The van der Waals surface area contributed by atoms with Crippen LogP contribution in [-0.2, 0) is 4.43 Å². The highest BCUT2D eigenvalue weighted by Gasteiger charge is 2.50. The summed E-state index contributed by atoms with van der Waals surface area (Å²) in [6.07, 6.45) is 0.691. The Morgan fingerprint density at radius 1 is 1.04 bits per heavy atom. The van der Waals surface area contributed by atoms with E-state index >= 15 is 0 Å². The zero-order chi connectivity index (χ0) is 20.2. The number of nitrogens with zero attached hydrogens (tertiary/aromatic N) is 3. The van der Waals surface area contributed by atoms with Gasteiger partial charge >= 0.3 is 0 Å². The van der Waals surface area contributed by atoms with Crippen molar-refractivity contribution in [2.24, 2.45) is 11.0 Å². The largest absolute Gasteiger partial charge is 0.407 e. The molecule has 0 bridgehead atoms. The van der Waals surface area contributed by atoms with Gasteiger partial charge in [-0.05, 0) is 33.8 Å². The fraction of sp³-hybridized carbons (Fsp3) is 0.455. The van der Waals surface area contributed by atoms with Crippen molar-refractivity contribution in [3.63, 3.8) is 0 Å². The SMILES string of the molecule is CC(C)(C)[Si](OC[C@H]1C[C@H](N=[N+]=[N-])C[C@@H]1O)(c1ccccc1)c1ccccc1. The first kappa shape index (κ1) is 20.6. The number of benzene rings is 2. The van der Waals surface area contributed by atoms with Crippen LogP contribution in [0.25, 0.3) is 10.4 Å². The molecule has 0 saturated heterocycles. The van der Waals surface area contributed by atoms with Crippen LogP contribution in [0.3, 0.4) is 0 Å². The fourth-order valence-electron chi connectivity index (χ4n) is 4.41. The summed E-state index contributed by atoms with van der Waals surface area (Å²) in [5.74, 6) is -0.0165. The van der Waals surface area contributed by atoms with E-state index in [1.54, 1.807) is 0 Å². The Morgan fingerprint density at radius 3 is 2.04 bits per heavy atom. The van der Waals surface area contributed by atoms with E-state index in [1.165, 1.54) is 10.4 Å². The minimum atomic E-state index is -2.60. The first-order valence-corrected chi connectivity index (χ1v) is 11.8. The summed E-state index contributed by atoms with van der Waals surface area (Å²) in [6.45, 7) is 7.19. The minimum absolute atomic E-state index is 0.0165. The lowest BCUT2D eigenvalue weighted by molar-refractivity contribution is 0.0953. The molecular formula is C22H29N3O2Si. The number of hydrogen-bond acceptors (Lipinski definition) is 3. The van der Waals surface area contributed by atoms with E-state index in [0.717, 1.165) is 0 Å². The van der Waals surface area contributed by atoms with Crippen LogP contribution >= 0.6 is 0 Å². The molecule has 5 nitrogen and oxygen atoms in total. The van der Waals surface area contributed by atoms with Crippen molar-refractivity contribution >= 4 is 18.7 Å². The van der Waals surface area contributed by atoms with Gasteiger partial charge in [0.1, 0.15) is 0 Å². The van der Waals surface area contributed by atoms with Gasteiger partial charge in [-0.15, -0.1) is 0 Å². The quantitative estimate of drug-likeness (QED) is 0.347. The number of rotatable bonds is 6. The van der Waals surface area contributed by atoms with Gasteiger partial charge in [0.25, 0.3) is 8.32 Å². The third-order valence-electron chi connectivity index (χ3n) is 5.78. The van der Waals surface area contributed by atoms with Crippen LogP contribution in [0, 0.1) is 5.92 Å². The van der Waals surface area contributed by atoms with Crippen molar-refractivity contribution in [1.82, 2.24) is 0 Å². The van der Waals surface area contributed by atoms with Gasteiger partial charge in [-0.1, -0.05) is 86.5 Å². The van der Waals surface area contributed by atoms with Gasteiger partial charge in [0.15, 0.2) is 0 Å². The van der Waals surface area contributed by atoms with Gasteiger partial charge in [0, 0.05) is 23.5 Å². The zero-order valence-electron chi connectivity index (χ0n) is 16.8. The van der Waals surface area contributed by atoms with Crippen LogP contribution in [0.4, 0.5) is 0 Å². The van der Waals surface area contributed by atoms with Crippen molar-refractivity contribution in [1.29, 1.82) is 0 Å². The van der Waals surface area contributed by atoms with Gasteiger partial charge in [0.05, 0.1) is 6.10 Å². The number of aliphatic hydroxyl groups excluding tert-OH is 1. The Bertz CT molecular complexity index is 777. The van der Waals surface area contributed by atoms with Gasteiger partial charge in [-0.3, -0.25) is 0 Å². The molecule has 1 fully saturated rings. The average Bonchev–Trinajstić information content (AvgIpc) is 3.02. The summed E-state index contributed by atoms with van der Waals surface area (Å²) in [5, 5.41) is 16.7. The molecule has 3 rings (SSSR count). The second-order valence-electron chi connectivity index (χ2n) is 8.63. The number of hydrogen-bond donors (Lipinski definition) is 1. The Hall–Kier alpha value is -2.11. The topological polar surface area (TPSA) is 78.2 Å². The molecule has 0 heterocycles. The minimum Gasteiger partial charge on any atom is -0.407 e. The van der Waals surface area contributed by atoms with Crippen LogP contribution in [0.2, 0.25) is 5.04 Å². The monoisotopic (exact) mass is 395 g/mol. The molecule has 2 aromatic carbocycles. The van der Waals surface area contributed by atoms with Gasteiger partial charge in [-0.2, -0.15) is 0 Å². The molecule has 6 heteroatoms. The molecule has 0 aliphatic heterocycles. The second-order valence-corrected chi connectivity index (χ2v) is 12.9. The predicted molar refractivity (Wildman–Crippen MR) is 115 cm³/mol. The number of aliphatic hydroxyl groups is 1. The van der Waals surface area contributed by atoms with E-state index in [9.17, 15) is 5.11 Å². The van der Waals surface area contributed by atoms with E-state index in [-0.39, 0.29) is 17.0 Å². The maximum absolute atomic E-state index is 10.5. The Morgan fingerprint density at radius 2 is 1.57 bits per heavy atom. The van der Waals surface area contributed by atoms with Crippen molar-refractivity contribution in [3.05, 3.63) is 71.1 Å². The summed E-state index contributed by atoms with van der Waals surface area (Å²) in [7, 11) is -2.60. The lowest BCUT2D eigenvalue weighted by Gasteiger charge is -2.43. The lowest BCUT2D eigenvalue weighted by atomic mass is 10.1. The van der Waals surface area contributed by atoms with Gasteiger partial charge < -0.3 is 9.53 Å². The molecule has 0 spiro atoms. The van der Waals surface area contributed by atoms with Crippen LogP contribution < -0.4 is 10.4 Å². The van der Waals surface area contributed by atoms with Crippen molar-refractivity contribution in [3.8, 4) is 0 Å². The van der Waals surface area contributed by atoms with Crippen molar-refractivity contribution < 1.29 is 9.53 Å². The Labute approximate surface area is 168 Å². The molecule has 0 aromatic heterocycles. The van der Waals surface area contributed by atoms with E-state index in [4.69, 9.17) is 9.96 Å². The molecule has 1 aliphatic rings. The highest BCUT2D eigenvalue weighted by Crippen LogP contribution is 2.38. The summed E-state index contributed by atoms with van der Waals surface area (Å²) in [5.41, 5.74) is 8.71. The van der Waals surface area contributed by atoms with Crippen LogP contribution in [0.1, 0.15) is 33.6 Å². The molecule has 0 radical (unpaired) electrons. The first-order chi connectivity index (χ1) is 13.4. The maximum atomic E-state index is 10.5. The number of azide groups is 1. The third kappa shape index (κ3) is 4.01. The van der Waals surface area contributed by atoms with E-state index in [1.807, 2.05) is 12.1 Å². The highest BCUT2D eigenvalue weighted by molar-refractivity contribution is 6.99.